The molecule has 5 rings (SSSR count). The van der Waals surface area contributed by atoms with Crippen LogP contribution >= 0.6 is 11.6 Å². The van der Waals surface area contributed by atoms with Crippen molar-refractivity contribution in [3.8, 4) is 23.6 Å². The highest BCUT2D eigenvalue weighted by Gasteiger charge is 2.14. The molecule has 0 fully saturated rings. The van der Waals surface area contributed by atoms with Crippen molar-refractivity contribution in [3.63, 3.8) is 0 Å². The topological polar surface area (TPSA) is 69.2 Å². The molecule has 2 aliphatic carbocycles. The van der Waals surface area contributed by atoms with Gasteiger partial charge in [-0.05, 0) is 53.6 Å². The van der Waals surface area contributed by atoms with Gasteiger partial charge in [0.05, 0.1) is 22.3 Å². The third kappa shape index (κ3) is 3.54. The largest absolute Gasteiger partial charge is 0.478 e. The van der Waals surface area contributed by atoms with Crippen molar-refractivity contribution >= 4 is 40.2 Å². The number of hydrogen-bond acceptors (Lipinski definition) is 3. The number of imidazole rings is 1. The van der Waals surface area contributed by atoms with E-state index in [1.54, 1.807) is 30.3 Å². The van der Waals surface area contributed by atoms with Gasteiger partial charge in [-0.25, -0.2) is 14.7 Å². The fourth-order valence-corrected chi connectivity index (χ4v) is 2.96. The zero-order valence-electron chi connectivity index (χ0n) is 14.6. The molecule has 0 saturated carbocycles. The van der Waals surface area contributed by atoms with E-state index in [2.05, 4.69) is 40.3 Å². The van der Waals surface area contributed by atoms with Gasteiger partial charge in [-0.3, -0.25) is 0 Å². The van der Waals surface area contributed by atoms with Crippen LogP contribution < -0.4 is 4.90 Å². The van der Waals surface area contributed by atoms with Crippen LogP contribution in [0.15, 0.2) is 66.7 Å². The van der Waals surface area contributed by atoms with Gasteiger partial charge in [-0.1, -0.05) is 42.3 Å². The number of nitrogens with one attached hydrogen (secondary N) is 1. The minimum absolute atomic E-state index is 0.150. The molecular formula is C22H14ClN3O2. The van der Waals surface area contributed by atoms with Crippen LogP contribution in [0.3, 0.4) is 0 Å². The average molecular weight is 388 g/mol. The molecular weight excluding hydrogens is 374 g/mol. The molecule has 6 heteroatoms. The predicted molar refractivity (Wildman–Crippen MR) is 111 cm³/mol. The number of rotatable bonds is 3. The molecule has 0 atom stereocenters. The van der Waals surface area contributed by atoms with Crippen LogP contribution in [0.25, 0.3) is 22.2 Å². The molecule has 3 aromatic rings. The summed E-state index contributed by atoms with van der Waals surface area (Å²) in [6.45, 7) is 0. The first-order valence-corrected chi connectivity index (χ1v) is 8.78. The number of nitrogens with zero attached hydrogens (tertiary/aromatic N) is 2. The number of carbonyl (C=O) groups is 1. The second-order valence-corrected chi connectivity index (χ2v) is 6.56. The van der Waals surface area contributed by atoms with E-state index in [1.165, 1.54) is 28.2 Å². The van der Waals surface area contributed by atoms with Crippen LogP contribution in [-0.4, -0.2) is 21.0 Å². The first-order chi connectivity index (χ1) is 13.5. The van der Waals surface area contributed by atoms with Crippen LogP contribution in [-0.2, 0) is 0 Å². The molecule has 1 aromatic heterocycles. The number of carboxylic acids is 1. The SMILES string of the molecule is C#CN(c1cccc(C(=O)O)c1)c1nc2ccc(Cl)cc2[nH]1.c1cc2cc-2c1. The molecule has 0 saturated heterocycles. The molecule has 0 bridgehead atoms. The summed E-state index contributed by atoms with van der Waals surface area (Å²) < 4.78 is 0. The number of hydrogen-bond donors (Lipinski definition) is 2. The normalized spacial score (nSPS) is 10.6. The molecule has 2 aromatic carbocycles. The van der Waals surface area contributed by atoms with Gasteiger partial charge < -0.3 is 10.1 Å². The third-order valence-electron chi connectivity index (χ3n) is 4.24. The predicted octanol–water partition coefficient (Wildman–Crippen LogP) is 5.31. The number of terminal acetylenes is 1. The average Bonchev–Trinajstić information content (AvgIpc) is 3.09. The van der Waals surface area contributed by atoms with Gasteiger partial charge in [-0.2, -0.15) is 0 Å². The Kier molecular flexibility index (Phi) is 4.48. The summed E-state index contributed by atoms with van der Waals surface area (Å²) in [6, 6.07) is 22.6. The number of carboxylic acid groups (broad SMARTS) is 1. The summed E-state index contributed by atoms with van der Waals surface area (Å²) in [5, 5.41) is 9.66. The Labute approximate surface area is 166 Å². The Bertz CT molecular complexity index is 1220. The van der Waals surface area contributed by atoms with Crippen LogP contribution in [0.5, 0.6) is 0 Å². The smallest absolute Gasteiger partial charge is 0.335 e. The van der Waals surface area contributed by atoms with Gasteiger partial charge in [-0.15, -0.1) is 0 Å². The quantitative estimate of drug-likeness (QED) is 0.325. The van der Waals surface area contributed by atoms with E-state index in [9.17, 15) is 4.79 Å². The first kappa shape index (κ1) is 17.7. The summed E-state index contributed by atoms with van der Waals surface area (Å²) in [7, 11) is 0. The van der Waals surface area contributed by atoms with Gasteiger partial charge in [0.15, 0.2) is 0 Å². The summed E-state index contributed by atoms with van der Waals surface area (Å²) in [6.07, 6.45) is 5.56. The van der Waals surface area contributed by atoms with Gasteiger partial charge in [0, 0.05) is 11.1 Å². The van der Waals surface area contributed by atoms with Crippen molar-refractivity contribution in [1.82, 2.24) is 9.97 Å². The highest BCUT2D eigenvalue weighted by Crippen LogP contribution is 2.32. The Hall–Kier alpha value is -3.75. The molecule has 0 spiro atoms. The Morgan fingerprint density at radius 1 is 1.07 bits per heavy atom. The van der Waals surface area contributed by atoms with E-state index in [4.69, 9.17) is 23.1 Å². The van der Waals surface area contributed by atoms with E-state index in [1.807, 2.05) is 0 Å². The monoisotopic (exact) mass is 387 g/mol. The molecule has 5 nitrogen and oxygen atoms in total. The summed E-state index contributed by atoms with van der Waals surface area (Å²) in [5.74, 6) is -0.600. The molecule has 28 heavy (non-hydrogen) atoms. The Balaban J connectivity index is 0.000000268. The zero-order valence-corrected chi connectivity index (χ0v) is 15.3. The van der Waals surface area contributed by atoms with Crippen molar-refractivity contribution in [2.75, 3.05) is 4.90 Å². The van der Waals surface area contributed by atoms with Gasteiger partial charge in [0.1, 0.15) is 0 Å². The van der Waals surface area contributed by atoms with Crippen molar-refractivity contribution in [2.45, 2.75) is 0 Å². The van der Waals surface area contributed by atoms with Crippen molar-refractivity contribution < 1.29 is 9.90 Å². The number of anilines is 2. The standard InChI is InChI=1S/C16H10ClN3O2.C6H4/c1-2-20(12-5-3-4-10(8-12)15(21)22)16-18-13-7-6-11(17)9-14(13)19-16;1-2-5-4-6(5)3-1/h1,3-9H,(H,18,19)(H,21,22);1-4H. The van der Waals surface area contributed by atoms with Crippen molar-refractivity contribution in [2.24, 2.45) is 0 Å². The fourth-order valence-electron chi connectivity index (χ4n) is 2.79. The number of aromatic nitrogens is 2. The maximum Gasteiger partial charge on any atom is 0.335 e. The van der Waals surface area contributed by atoms with Crippen molar-refractivity contribution in [3.05, 3.63) is 77.3 Å². The number of aromatic amines is 1. The molecule has 136 valence electrons. The van der Waals surface area contributed by atoms with Crippen LogP contribution in [0.2, 0.25) is 5.02 Å². The van der Waals surface area contributed by atoms with E-state index in [0.29, 0.717) is 22.2 Å². The number of H-pyrrole nitrogens is 1. The maximum absolute atomic E-state index is 11.1. The molecule has 1 heterocycles. The first-order valence-electron chi connectivity index (χ1n) is 8.40. The lowest BCUT2D eigenvalue weighted by Crippen LogP contribution is -2.11. The third-order valence-corrected chi connectivity index (χ3v) is 4.47. The highest BCUT2D eigenvalue weighted by atomic mass is 35.5. The molecule has 2 aliphatic rings. The summed E-state index contributed by atoms with van der Waals surface area (Å²) in [5.41, 5.74) is 5.00. The molecule has 0 radical (unpaired) electrons. The number of halogens is 1. The Morgan fingerprint density at radius 2 is 1.82 bits per heavy atom. The molecule has 0 amide bonds. The number of benzene rings is 3. The summed E-state index contributed by atoms with van der Waals surface area (Å²) >= 11 is 5.95. The maximum atomic E-state index is 11.1. The lowest BCUT2D eigenvalue weighted by Gasteiger charge is -2.14. The van der Waals surface area contributed by atoms with Crippen LogP contribution in [0, 0.1) is 12.5 Å². The van der Waals surface area contributed by atoms with Gasteiger partial charge >= 0.3 is 5.97 Å². The lowest BCUT2D eigenvalue weighted by atomic mass is 10.2. The van der Waals surface area contributed by atoms with Crippen molar-refractivity contribution in [1.29, 1.82) is 0 Å². The summed E-state index contributed by atoms with van der Waals surface area (Å²) in [4.78, 5) is 20.0. The number of aromatic carboxylic acids is 1. The highest BCUT2D eigenvalue weighted by molar-refractivity contribution is 6.31. The van der Waals surface area contributed by atoms with E-state index in [-0.39, 0.29) is 5.56 Å². The molecule has 0 unspecified atom stereocenters. The van der Waals surface area contributed by atoms with E-state index in [0.717, 1.165) is 5.52 Å². The van der Waals surface area contributed by atoms with E-state index >= 15 is 0 Å². The van der Waals surface area contributed by atoms with E-state index < -0.39 is 5.97 Å². The Morgan fingerprint density at radius 3 is 2.43 bits per heavy atom. The second kappa shape index (κ2) is 7.10. The zero-order chi connectivity index (χ0) is 19.7. The minimum Gasteiger partial charge on any atom is -0.478 e. The fraction of sp³-hybridized carbons (Fsp3) is 0. The van der Waals surface area contributed by atoms with Gasteiger partial charge in [0.25, 0.3) is 0 Å². The van der Waals surface area contributed by atoms with Crippen LogP contribution in [0.1, 0.15) is 10.4 Å². The van der Waals surface area contributed by atoms with Crippen LogP contribution in [0.4, 0.5) is 11.6 Å². The second-order valence-electron chi connectivity index (χ2n) is 6.12. The van der Waals surface area contributed by atoms with Gasteiger partial charge in [0.2, 0.25) is 5.95 Å². The molecule has 0 aliphatic heterocycles. The minimum atomic E-state index is -1.02. The number of fused-ring (bicyclic) bond motifs is 2. The lowest BCUT2D eigenvalue weighted by molar-refractivity contribution is 0.0697. The molecule has 2 N–H and O–H groups in total.